The third-order valence-electron chi connectivity index (χ3n) is 8.88. The van der Waals surface area contributed by atoms with Gasteiger partial charge in [0.2, 0.25) is 5.91 Å². The van der Waals surface area contributed by atoms with E-state index in [-0.39, 0.29) is 11.3 Å². The molecule has 2 aliphatic carbocycles. The largest absolute Gasteiger partial charge is 0.325 e. The monoisotopic (exact) mass is 443 g/mol. The molecule has 33 heavy (non-hydrogen) atoms. The van der Waals surface area contributed by atoms with E-state index in [1.54, 1.807) is 11.1 Å². The number of amides is 1. The third kappa shape index (κ3) is 3.81. The van der Waals surface area contributed by atoms with E-state index in [1.807, 2.05) is 0 Å². The molecule has 6 rings (SSSR count). The summed E-state index contributed by atoms with van der Waals surface area (Å²) in [5, 5.41) is 3.20. The average molecular weight is 444 g/mol. The Morgan fingerprint density at radius 1 is 0.909 bits per heavy atom. The van der Waals surface area contributed by atoms with Gasteiger partial charge in [0.15, 0.2) is 0 Å². The Morgan fingerprint density at radius 3 is 2.64 bits per heavy atom. The molecule has 0 spiro atoms. The molecule has 2 aromatic rings. The standard InChI is InChI=1S/C29H37N3O/c33-28-29(16-7-11-23-10-5-13-25(30-28)27(23)29)15-3-4-17-31-18-20-32(21-19-31)26-14-6-9-22-8-1-2-12-24(22)26/h1-2,5,8,10,12-13,26H,3-4,6-7,9,11,14-21H2,(H,30,33). The van der Waals surface area contributed by atoms with Crippen LogP contribution in [0.3, 0.4) is 0 Å². The predicted octanol–water partition coefficient (Wildman–Crippen LogP) is 5.08. The predicted molar refractivity (Wildman–Crippen MR) is 134 cm³/mol. The second-order valence-corrected chi connectivity index (χ2v) is 10.7. The highest BCUT2D eigenvalue weighted by Gasteiger charge is 2.48. The highest BCUT2D eigenvalue weighted by molar-refractivity contribution is 6.07. The molecule has 1 saturated heterocycles. The highest BCUT2D eigenvalue weighted by Crippen LogP contribution is 2.49. The summed E-state index contributed by atoms with van der Waals surface area (Å²) in [4.78, 5) is 18.4. The molecular weight excluding hydrogens is 406 g/mol. The smallest absolute Gasteiger partial charge is 0.235 e. The first-order chi connectivity index (χ1) is 16.2. The molecule has 2 aromatic carbocycles. The van der Waals surface area contributed by atoms with Crippen molar-refractivity contribution in [2.75, 3.05) is 38.0 Å². The van der Waals surface area contributed by atoms with Crippen LogP contribution in [0.2, 0.25) is 0 Å². The minimum atomic E-state index is -0.253. The van der Waals surface area contributed by atoms with Crippen molar-refractivity contribution in [3.8, 4) is 0 Å². The molecule has 0 aromatic heterocycles. The van der Waals surface area contributed by atoms with Crippen LogP contribution in [0.1, 0.15) is 73.2 Å². The summed E-state index contributed by atoms with van der Waals surface area (Å²) in [6.45, 7) is 5.89. The third-order valence-corrected chi connectivity index (χ3v) is 8.88. The fourth-order valence-electron chi connectivity index (χ4n) is 7.18. The Morgan fingerprint density at radius 2 is 1.73 bits per heavy atom. The zero-order valence-electron chi connectivity index (χ0n) is 19.8. The lowest BCUT2D eigenvalue weighted by Gasteiger charge is -2.41. The summed E-state index contributed by atoms with van der Waals surface area (Å²) in [6.07, 6.45) is 10.5. The van der Waals surface area contributed by atoms with Crippen LogP contribution in [-0.4, -0.2) is 48.4 Å². The molecule has 2 aliphatic heterocycles. The fourth-order valence-corrected chi connectivity index (χ4v) is 7.18. The quantitative estimate of drug-likeness (QED) is 0.633. The Kier molecular flexibility index (Phi) is 5.75. The van der Waals surface area contributed by atoms with Gasteiger partial charge >= 0.3 is 0 Å². The van der Waals surface area contributed by atoms with Gasteiger partial charge in [0.05, 0.1) is 5.41 Å². The molecule has 0 radical (unpaired) electrons. The number of hydrogen-bond acceptors (Lipinski definition) is 3. The zero-order valence-corrected chi connectivity index (χ0v) is 19.8. The zero-order chi connectivity index (χ0) is 22.3. The maximum absolute atomic E-state index is 13.0. The van der Waals surface area contributed by atoms with E-state index in [9.17, 15) is 4.79 Å². The summed E-state index contributed by atoms with van der Waals surface area (Å²) >= 11 is 0. The summed E-state index contributed by atoms with van der Waals surface area (Å²) in [6, 6.07) is 16.1. The van der Waals surface area contributed by atoms with Crippen LogP contribution in [0.4, 0.5) is 5.69 Å². The molecule has 0 saturated carbocycles. The maximum Gasteiger partial charge on any atom is 0.235 e. The van der Waals surface area contributed by atoms with Gasteiger partial charge in [0.1, 0.15) is 0 Å². The number of aryl methyl sites for hydroxylation is 2. The van der Waals surface area contributed by atoms with Gasteiger partial charge < -0.3 is 10.2 Å². The van der Waals surface area contributed by atoms with Crippen molar-refractivity contribution < 1.29 is 4.79 Å². The van der Waals surface area contributed by atoms with Crippen molar-refractivity contribution in [1.29, 1.82) is 0 Å². The second kappa shape index (κ2) is 8.88. The number of piperazine rings is 1. The van der Waals surface area contributed by atoms with Crippen LogP contribution in [0.5, 0.6) is 0 Å². The molecule has 4 aliphatic rings. The van der Waals surface area contributed by atoms with E-state index >= 15 is 0 Å². The first-order valence-corrected chi connectivity index (χ1v) is 13.2. The van der Waals surface area contributed by atoms with Crippen LogP contribution in [0, 0.1) is 0 Å². The van der Waals surface area contributed by atoms with E-state index in [0.717, 1.165) is 37.8 Å². The van der Waals surface area contributed by atoms with Crippen LogP contribution < -0.4 is 5.32 Å². The minimum absolute atomic E-state index is 0.253. The number of anilines is 1. The van der Waals surface area contributed by atoms with Crippen molar-refractivity contribution in [3.63, 3.8) is 0 Å². The molecule has 1 fully saturated rings. The van der Waals surface area contributed by atoms with E-state index in [1.165, 1.54) is 69.5 Å². The van der Waals surface area contributed by atoms with Gasteiger partial charge in [-0.3, -0.25) is 9.69 Å². The number of fused-ring (bicyclic) bond motifs is 1. The average Bonchev–Trinajstić information content (AvgIpc) is 3.15. The lowest BCUT2D eigenvalue weighted by molar-refractivity contribution is -0.121. The van der Waals surface area contributed by atoms with Gasteiger partial charge in [-0.2, -0.15) is 0 Å². The van der Waals surface area contributed by atoms with Crippen LogP contribution in [0.25, 0.3) is 0 Å². The molecule has 1 N–H and O–H groups in total. The lowest BCUT2D eigenvalue weighted by atomic mass is 9.68. The number of nitrogens with one attached hydrogen (secondary N) is 1. The van der Waals surface area contributed by atoms with Gasteiger partial charge in [0, 0.05) is 37.9 Å². The molecule has 2 unspecified atom stereocenters. The molecule has 2 atom stereocenters. The first-order valence-electron chi connectivity index (χ1n) is 13.2. The number of unbranched alkanes of at least 4 members (excludes halogenated alkanes) is 1. The van der Waals surface area contributed by atoms with E-state index in [2.05, 4.69) is 57.6 Å². The SMILES string of the molecule is O=C1Nc2cccc3c2C1(CCCCN1CCN(C2CCCc4ccccc42)CC1)CCC3. The number of benzene rings is 2. The summed E-state index contributed by atoms with van der Waals surface area (Å²) in [5.74, 6) is 0.256. The fraction of sp³-hybridized carbons (Fsp3) is 0.552. The van der Waals surface area contributed by atoms with Crippen molar-refractivity contribution in [1.82, 2.24) is 9.80 Å². The normalized spacial score (nSPS) is 27.2. The van der Waals surface area contributed by atoms with Gasteiger partial charge in [-0.1, -0.05) is 42.8 Å². The minimum Gasteiger partial charge on any atom is -0.325 e. The molecule has 4 nitrogen and oxygen atoms in total. The van der Waals surface area contributed by atoms with E-state index in [0.29, 0.717) is 6.04 Å². The van der Waals surface area contributed by atoms with Crippen molar-refractivity contribution in [2.24, 2.45) is 0 Å². The highest BCUT2D eigenvalue weighted by atomic mass is 16.2. The maximum atomic E-state index is 13.0. The van der Waals surface area contributed by atoms with Gasteiger partial charge in [0.25, 0.3) is 0 Å². The van der Waals surface area contributed by atoms with E-state index < -0.39 is 0 Å². The van der Waals surface area contributed by atoms with Crippen LogP contribution in [-0.2, 0) is 23.1 Å². The van der Waals surface area contributed by atoms with E-state index in [4.69, 9.17) is 0 Å². The topological polar surface area (TPSA) is 35.6 Å². The number of carbonyl (C=O) groups excluding carboxylic acids is 1. The van der Waals surface area contributed by atoms with Crippen molar-refractivity contribution in [3.05, 3.63) is 64.7 Å². The Bertz CT molecular complexity index is 1030. The molecule has 174 valence electrons. The summed E-state index contributed by atoms with van der Waals surface area (Å²) in [5.41, 5.74) is 6.71. The lowest BCUT2D eigenvalue weighted by Crippen LogP contribution is -2.48. The summed E-state index contributed by atoms with van der Waals surface area (Å²) in [7, 11) is 0. The van der Waals surface area contributed by atoms with Crippen molar-refractivity contribution in [2.45, 2.75) is 69.2 Å². The Hall–Kier alpha value is -2.17. The molecule has 2 heterocycles. The summed E-state index contributed by atoms with van der Waals surface area (Å²) < 4.78 is 0. The van der Waals surface area contributed by atoms with Gasteiger partial charge in [-0.05, 0) is 86.2 Å². The van der Waals surface area contributed by atoms with Crippen LogP contribution in [0.15, 0.2) is 42.5 Å². The van der Waals surface area contributed by atoms with Crippen LogP contribution >= 0.6 is 0 Å². The number of rotatable bonds is 6. The van der Waals surface area contributed by atoms with Gasteiger partial charge in [-0.25, -0.2) is 0 Å². The van der Waals surface area contributed by atoms with Crippen molar-refractivity contribution >= 4 is 11.6 Å². The number of hydrogen-bond donors (Lipinski definition) is 1. The molecule has 1 amide bonds. The Balaban J connectivity index is 1.01. The number of carbonyl (C=O) groups is 1. The second-order valence-electron chi connectivity index (χ2n) is 10.7. The Labute approximate surface area is 198 Å². The first kappa shape index (κ1) is 21.4. The molecule has 0 bridgehead atoms. The van der Waals surface area contributed by atoms with Gasteiger partial charge in [-0.15, -0.1) is 0 Å². The molecular formula is C29H37N3O. The molecule has 4 heteroatoms. The number of nitrogens with zero attached hydrogens (tertiary/aromatic N) is 2.